The molecule has 2 aliphatic heterocycles. The van der Waals surface area contributed by atoms with E-state index in [2.05, 4.69) is 28.7 Å². The molecule has 33 heavy (non-hydrogen) atoms. The average molecular weight is 458 g/mol. The second-order valence-electron chi connectivity index (χ2n) is 8.87. The maximum atomic E-state index is 12.2. The quantitative estimate of drug-likeness (QED) is 0.264. The molecule has 0 bridgehead atoms. The van der Waals surface area contributed by atoms with Crippen LogP contribution in [0.2, 0.25) is 0 Å². The van der Waals surface area contributed by atoms with Gasteiger partial charge in [0.25, 0.3) is 5.91 Å². The molecule has 0 saturated carbocycles. The molecule has 5 unspecified atom stereocenters. The number of carbonyl (C=O) groups is 3. The van der Waals surface area contributed by atoms with Crippen LogP contribution in [0.3, 0.4) is 0 Å². The van der Waals surface area contributed by atoms with Crippen molar-refractivity contribution in [3.63, 3.8) is 0 Å². The fraction of sp³-hybridized carbons (Fsp3) is 0.560. The van der Waals surface area contributed by atoms with Crippen molar-refractivity contribution in [2.75, 3.05) is 13.6 Å². The van der Waals surface area contributed by atoms with Crippen molar-refractivity contribution < 1.29 is 24.2 Å². The zero-order valence-corrected chi connectivity index (χ0v) is 19.2. The molecule has 0 spiro atoms. The van der Waals surface area contributed by atoms with E-state index in [9.17, 15) is 19.5 Å². The van der Waals surface area contributed by atoms with Gasteiger partial charge in [0.15, 0.2) is 0 Å². The first kappa shape index (κ1) is 25.1. The number of likely N-dealkylation sites (tertiary alicyclic amines) is 1. The Kier molecular flexibility index (Phi) is 9.60. The van der Waals surface area contributed by atoms with Crippen LogP contribution in [0.4, 0.5) is 0 Å². The summed E-state index contributed by atoms with van der Waals surface area (Å²) in [6.45, 7) is 0.712. The van der Waals surface area contributed by atoms with E-state index in [4.69, 9.17) is 4.74 Å². The Morgan fingerprint density at radius 2 is 2.00 bits per heavy atom. The van der Waals surface area contributed by atoms with Crippen LogP contribution in [0.25, 0.3) is 0 Å². The summed E-state index contributed by atoms with van der Waals surface area (Å²) in [7, 11) is 2.13. The average Bonchev–Trinajstić information content (AvgIpc) is 3.15. The van der Waals surface area contributed by atoms with Crippen molar-refractivity contribution in [2.24, 2.45) is 0 Å². The Morgan fingerprint density at radius 3 is 2.70 bits per heavy atom. The molecule has 1 aromatic carbocycles. The van der Waals surface area contributed by atoms with Gasteiger partial charge in [-0.15, -0.1) is 0 Å². The van der Waals surface area contributed by atoms with Crippen LogP contribution in [0.1, 0.15) is 55.3 Å². The smallest absolute Gasteiger partial charge is 0.309 e. The third-order valence-corrected chi connectivity index (χ3v) is 6.57. The molecule has 180 valence electrons. The van der Waals surface area contributed by atoms with Crippen molar-refractivity contribution in [2.45, 2.75) is 75.4 Å². The van der Waals surface area contributed by atoms with Gasteiger partial charge >= 0.3 is 5.97 Å². The molecule has 3 N–H and O–H groups in total. The Bertz CT molecular complexity index is 816. The lowest BCUT2D eigenvalue weighted by atomic mass is 9.93. The molecule has 2 aliphatic rings. The first-order valence-corrected chi connectivity index (χ1v) is 11.8. The number of piperidine rings is 1. The molecule has 1 aromatic rings. The van der Waals surface area contributed by atoms with Crippen molar-refractivity contribution in [1.29, 1.82) is 0 Å². The number of cyclic esters (lactones) is 1. The van der Waals surface area contributed by atoms with Crippen LogP contribution < -0.4 is 10.6 Å². The lowest BCUT2D eigenvalue weighted by Crippen LogP contribution is -2.51. The largest absolute Gasteiger partial charge is 0.434 e. The number of nitrogens with one attached hydrogen (secondary N) is 2. The minimum absolute atomic E-state index is 0.208. The minimum atomic E-state index is -1.06. The molecular formula is C25H35N3O5. The van der Waals surface area contributed by atoms with Gasteiger partial charge in [0.2, 0.25) is 6.29 Å². The van der Waals surface area contributed by atoms with Crippen LogP contribution in [-0.4, -0.2) is 72.2 Å². The number of allylic oxidation sites excluding steroid dienone is 1. The summed E-state index contributed by atoms with van der Waals surface area (Å²) in [5.74, 6) is -0.608. The molecule has 0 aromatic heterocycles. The Morgan fingerprint density at radius 1 is 1.24 bits per heavy atom. The number of aldehydes is 1. The Labute approximate surface area is 195 Å². The highest BCUT2D eigenvalue weighted by Crippen LogP contribution is 2.25. The number of aliphatic hydroxyl groups is 1. The highest BCUT2D eigenvalue weighted by atomic mass is 16.6. The summed E-state index contributed by atoms with van der Waals surface area (Å²) in [6.07, 6.45) is 9.72. The first-order chi connectivity index (χ1) is 16.0. The molecule has 2 fully saturated rings. The monoisotopic (exact) mass is 457 g/mol. The van der Waals surface area contributed by atoms with Gasteiger partial charge < -0.3 is 25.3 Å². The van der Waals surface area contributed by atoms with E-state index in [1.807, 2.05) is 12.1 Å². The number of aliphatic hydroxyl groups excluding tert-OH is 1. The summed E-state index contributed by atoms with van der Waals surface area (Å²) < 4.78 is 4.79. The highest BCUT2D eigenvalue weighted by Gasteiger charge is 2.34. The van der Waals surface area contributed by atoms with Crippen molar-refractivity contribution >= 4 is 18.2 Å². The van der Waals surface area contributed by atoms with Gasteiger partial charge in [-0.3, -0.25) is 14.5 Å². The Hall–Kier alpha value is -2.55. The molecule has 2 heterocycles. The van der Waals surface area contributed by atoms with Crippen LogP contribution in [0.5, 0.6) is 0 Å². The molecule has 0 aliphatic carbocycles. The second kappa shape index (κ2) is 12.6. The maximum absolute atomic E-state index is 12.2. The predicted molar refractivity (Wildman–Crippen MR) is 124 cm³/mol. The van der Waals surface area contributed by atoms with Crippen LogP contribution >= 0.6 is 0 Å². The van der Waals surface area contributed by atoms with Crippen LogP contribution in [0, 0.1) is 0 Å². The van der Waals surface area contributed by atoms with Gasteiger partial charge in [0, 0.05) is 24.2 Å². The maximum Gasteiger partial charge on any atom is 0.309 e. The molecule has 8 nitrogen and oxygen atoms in total. The molecule has 2 saturated heterocycles. The summed E-state index contributed by atoms with van der Waals surface area (Å²) >= 11 is 0. The van der Waals surface area contributed by atoms with E-state index in [-0.39, 0.29) is 24.3 Å². The van der Waals surface area contributed by atoms with Crippen molar-refractivity contribution in [1.82, 2.24) is 15.5 Å². The number of rotatable bonds is 11. The van der Waals surface area contributed by atoms with Crippen LogP contribution in [-0.2, 0) is 14.3 Å². The van der Waals surface area contributed by atoms with E-state index in [1.165, 1.54) is 0 Å². The number of carbonyl (C=O) groups excluding carboxylic acids is 3. The van der Waals surface area contributed by atoms with Gasteiger partial charge in [-0.1, -0.05) is 36.8 Å². The Balaban J connectivity index is 1.37. The fourth-order valence-corrected chi connectivity index (χ4v) is 4.53. The summed E-state index contributed by atoms with van der Waals surface area (Å²) in [5, 5.41) is 15.8. The third kappa shape index (κ3) is 7.48. The van der Waals surface area contributed by atoms with E-state index < -0.39 is 12.3 Å². The number of esters is 1. The number of hydrogen-bond acceptors (Lipinski definition) is 7. The standard InChI is InChI=1S/C25H35N3O5/c1-28-20(13-8-14-21(28)16-26-22-15-23(30)33-25(22)32)12-7-3-6-11-19(17-29)27-24(31)18-9-4-2-5-10-18/h2-6,9-10,17,19-22,25-26,32H,7-8,11-16H2,1H3,(H,27,31). The van der Waals surface area contributed by atoms with E-state index in [1.54, 1.807) is 24.3 Å². The number of benzene rings is 1. The number of amides is 1. The predicted octanol–water partition coefficient (Wildman–Crippen LogP) is 1.79. The number of ether oxygens (including phenoxy) is 1. The topological polar surface area (TPSA) is 108 Å². The molecule has 8 heteroatoms. The summed E-state index contributed by atoms with van der Waals surface area (Å²) in [6, 6.07) is 8.81. The van der Waals surface area contributed by atoms with E-state index in [0.29, 0.717) is 30.6 Å². The second-order valence-corrected chi connectivity index (χ2v) is 8.87. The van der Waals surface area contributed by atoms with E-state index in [0.717, 1.165) is 38.4 Å². The minimum Gasteiger partial charge on any atom is -0.434 e. The van der Waals surface area contributed by atoms with Gasteiger partial charge in [0.05, 0.1) is 18.5 Å². The molecule has 5 atom stereocenters. The lowest BCUT2D eigenvalue weighted by molar-refractivity contribution is -0.154. The lowest BCUT2D eigenvalue weighted by Gasteiger charge is -2.40. The summed E-state index contributed by atoms with van der Waals surface area (Å²) in [5.41, 5.74) is 0.541. The molecule has 3 rings (SSSR count). The SMILES string of the molecule is CN1C(CCC=CCC(C=O)NC(=O)c2ccccc2)CCCC1CNC1CC(=O)OC1O. The van der Waals surface area contributed by atoms with Crippen LogP contribution in [0.15, 0.2) is 42.5 Å². The van der Waals surface area contributed by atoms with E-state index >= 15 is 0 Å². The third-order valence-electron chi connectivity index (χ3n) is 6.57. The van der Waals surface area contributed by atoms with Gasteiger partial charge in [0.1, 0.15) is 6.29 Å². The zero-order chi connectivity index (χ0) is 23.6. The highest BCUT2D eigenvalue weighted by molar-refractivity contribution is 5.95. The number of nitrogens with zero attached hydrogens (tertiary/aromatic N) is 1. The van der Waals surface area contributed by atoms with Crippen molar-refractivity contribution in [3.05, 3.63) is 48.0 Å². The molecule has 1 amide bonds. The fourth-order valence-electron chi connectivity index (χ4n) is 4.53. The molecule has 0 radical (unpaired) electrons. The zero-order valence-electron chi connectivity index (χ0n) is 19.2. The van der Waals surface area contributed by atoms with Gasteiger partial charge in [-0.25, -0.2) is 0 Å². The van der Waals surface area contributed by atoms with Gasteiger partial charge in [-0.05, 0) is 51.3 Å². The van der Waals surface area contributed by atoms with Gasteiger partial charge in [-0.2, -0.15) is 0 Å². The molecular weight excluding hydrogens is 422 g/mol. The first-order valence-electron chi connectivity index (χ1n) is 11.8. The number of hydrogen-bond donors (Lipinski definition) is 3. The summed E-state index contributed by atoms with van der Waals surface area (Å²) in [4.78, 5) is 37.3. The normalized spacial score (nSPS) is 26.8. The number of likely N-dealkylation sites (N-methyl/N-ethyl adjacent to an activating group) is 1. The van der Waals surface area contributed by atoms with Crippen molar-refractivity contribution in [3.8, 4) is 0 Å².